The predicted molar refractivity (Wildman–Crippen MR) is 234 cm³/mol. The first-order valence-electron chi connectivity index (χ1n) is 19.6. The Kier molecular flexibility index (Phi) is 14.8. The van der Waals surface area contributed by atoms with E-state index in [2.05, 4.69) is 13.1 Å². The fourth-order valence-corrected chi connectivity index (χ4v) is 7.21. The van der Waals surface area contributed by atoms with Crippen LogP contribution in [0.15, 0.2) is 118 Å². The Hall–Kier alpha value is -4.50. The zero-order chi connectivity index (χ0) is 48.8. The van der Waals surface area contributed by atoms with Crippen LogP contribution in [0.25, 0.3) is 66.4 Å². The molecule has 348 valence electrons. The Morgan fingerprint density at radius 1 is 0.455 bits per heavy atom. The molecule has 0 aliphatic carbocycles. The first kappa shape index (κ1) is 50.9. The summed E-state index contributed by atoms with van der Waals surface area (Å²) in [6, 6.07) is 24.4. The van der Waals surface area contributed by atoms with E-state index in [0.717, 1.165) is 24.3 Å². The fourth-order valence-electron chi connectivity index (χ4n) is 7.21. The maximum Gasteiger partial charge on any atom is 0.416 e. The molecule has 0 unspecified atom stereocenters. The van der Waals surface area contributed by atoms with Crippen LogP contribution in [0.2, 0.25) is 13.1 Å². The van der Waals surface area contributed by atoms with Gasteiger partial charge in [0.25, 0.3) is 0 Å². The van der Waals surface area contributed by atoms with E-state index in [-0.39, 0.29) is 28.7 Å². The first-order valence-corrected chi connectivity index (χ1v) is 32.1. The largest absolute Gasteiger partial charge is 0.496 e. The monoisotopic (exact) mass is 1060 g/mol. The van der Waals surface area contributed by atoms with E-state index in [1.54, 1.807) is 100 Å². The summed E-state index contributed by atoms with van der Waals surface area (Å²) < 4.78 is 171. The van der Waals surface area contributed by atoms with Gasteiger partial charge in [-0.1, -0.05) is 34.4 Å². The summed E-state index contributed by atoms with van der Waals surface area (Å²) in [4.78, 5) is 0. The van der Waals surface area contributed by atoms with Crippen molar-refractivity contribution >= 4 is 44.0 Å². The molecule has 66 heavy (non-hydrogen) atoms. The number of alkyl halides is 12. The van der Waals surface area contributed by atoms with Gasteiger partial charge in [-0.25, -0.2) is 0 Å². The summed E-state index contributed by atoms with van der Waals surface area (Å²) in [5.41, 5.74) is -2.62. The van der Waals surface area contributed by atoms with Crippen molar-refractivity contribution in [2.45, 2.75) is 65.5 Å². The van der Waals surface area contributed by atoms with Crippen molar-refractivity contribution in [1.82, 2.24) is 0 Å². The number of hydrogen-bond donors (Lipinski definition) is 0. The summed E-state index contributed by atoms with van der Waals surface area (Å²) in [6.07, 6.45) is -19.6. The van der Waals surface area contributed by atoms with Crippen molar-refractivity contribution < 1.29 is 79.5 Å². The Morgan fingerprint density at radius 2 is 0.758 bits per heavy atom. The number of furan rings is 2. The zero-order valence-electron chi connectivity index (χ0n) is 35.5. The molecule has 0 atom stereocenters. The van der Waals surface area contributed by atoms with Crippen molar-refractivity contribution in [1.29, 1.82) is 0 Å². The third kappa shape index (κ3) is 11.8. The van der Waals surface area contributed by atoms with Crippen LogP contribution < -0.4 is 0 Å². The number of fused-ring (bicyclic) bond motifs is 2. The van der Waals surface area contributed by atoms with Gasteiger partial charge >= 0.3 is 78.2 Å². The van der Waals surface area contributed by atoms with E-state index in [1.807, 2.05) is 0 Å². The van der Waals surface area contributed by atoms with Crippen molar-refractivity contribution in [3.63, 3.8) is 0 Å². The SMILES string of the molecule is C[Si](C)=[Zr]([Cl])[Cl].Cc1ccc(-c2cc3c(-c4cc(C(F)(F)F)cc(C(F)(F)F)c4)c(C)ccc3[cH-]2)o1.Cc1ccc(-c2cc3c(-c4cc(C(F)(F)F)cc(C(F)(F)F)c4)c(C)ccc3[cH-]2)o1. The Bertz CT molecular complexity index is 2810. The predicted octanol–water partition coefficient (Wildman–Crippen LogP) is 18.4. The zero-order valence-corrected chi connectivity index (χ0v) is 40.5. The van der Waals surface area contributed by atoms with Gasteiger partial charge in [0.05, 0.1) is 45.3 Å². The van der Waals surface area contributed by atoms with E-state index < -0.39 is 64.9 Å². The molecular weight excluding hydrogens is 1030 g/mol. The van der Waals surface area contributed by atoms with E-state index in [1.165, 1.54) is 0 Å². The maximum absolute atomic E-state index is 13.3. The fraction of sp³-hybridized carbons (Fsp3) is 0.208. The molecule has 0 aliphatic rings. The number of rotatable bonds is 4. The number of aryl methyl sites for hydroxylation is 4. The Morgan fingerprint density at radius 3 is 1.00 bits per heavy atom. The van der Waals surface area contributed by atoms with Gasteiger partial charge in [-0.15, -0.1) is 57.9 Å². The summed E-state index contributed by atoms with van der Waals surface area (Å²) >= 11 is -1.65. The molecule has 0 radical (unpaired) electrons. The minimum atomic E-state index is -4.90. The Balaban J connectivity index is 0.000000194. The van der Waals surface area contributed by atoms with Gasteiger partial charge < -0.3 is 8.83 Å². The summed E-state index contributed by atoms with van der Waals surface area (Å²) in [7, 11) is 11.2. The standard InChI is InChI=1S/2C23H15F6O.C2H6Si.2ClH.Zr/c2*1-12-3-5-14-7-15(20-6-4-13(2)30-20)10-19(14)21(12)16-8-17(22(24,25)26)11-18(9-16)23(27,28)29;1-3-2;;;/h2*3-11H,1-2H3;1-2H3;2*1H;/q2*-1;;;;+2/p-2. The maximum atomic E-state index is 13.3. The first-order chi connectivity index (χ1) is 30.5. The molecule has 0 saturated carbocycles. The molecule has 0 N–H and O–H groups in total. The van der Waals surface area contributed by atoms with Crippen LogP contribution >= 0.6 is 17.0 Å². The summed E-state index contributed by atoms with van der Waals surface area (Å²) in [5, 5.41) is 2.52. The third-order valence-corrected chi connectivity index (χ3v) is 30.1. The van der Waals surface area contributed by atoms with Crippen LogP contribution in [0.3, 0.4) is 0 Å². The number of halogens is 14. The molecular formula is C48H36Cl2F12O2SiZr-2. The molecule has 0 bridgehead atoms. The average molecular weight is 1060 g/mol. The molecule has 2 nitrogen and oxygen atoms in total. The number of benzene rings is 4. The molecule has 8 aromatic rings. The van der Waals surface area contributed by atoms with Gasteiger partial charge in [-0.05, 0) is 111 Å². The van der Waals surface area contributed by atoms with Gasteiger partial charge in [0, 0.05) is 0 Å². The van der Waals surface area contributed by atoms with Crippen LogP contribution in [0.1, 0.15) is 44.9 Å². The van der Waals surface area contributed by atoms with Gasteiger partial charge in [-0.2, -0.15) is 52.7 Å². The van der Waals surface area contributed by atoms with E-state index in [0.29, 0.717) is 78.0 Å². The smallest absolute Gasteiger partial charge is 0.416 e. The molecule has 2 aromatic heterocycles. The third-order valence-electron chi connectivity index (χ3n) is 10.4. The van der Waals surface area contributed by atoms with E-state index >= 15 is 0 Å². The summed E-state index contributed by atoms with van der Waals surface area (Å²) in [5.74, 6) is 2.54. The molecule has 0 aliphatic heterocycles. The molecule has 6 aromatic carbocycles. The minimum Gasteiger partial charge on any atom is -0.496 e. The molecule has 0 fully saturated rings. The molecule has 18 heteroatoms. The quantitative estimate of drug-likeness (QED) is 0.0997. The van der Waals surface area contributed by atoms with Crippen LogP contribution in [0, 0.1) is 27.7 Å². The minimum absolute atomic E-state index is 0.131. The molecule has 8 rings (SSSR count). The Labute approximate surface area is 385 Å². The number of hydrogen-bond acceptors (Lipinski definition) is 2. The second-order valence-electron chi connectivity index (χ2n) is 15.7. The van der Waals surface area contributed by atoms with Crippen LogP contribution in [-0.4, -0.2) is 5.43 Å². The van der Waals surface area contributed by atoms with Crippen LogP contribution in [-0.2, 0) is 42.7 Å². The second kappa shape index (κ2) is 19.2. The van der Waals surface area contributed by atoms with Crippen molar-refractivity contribution in [3.05, 3.63) is 154 Å². The van der Waals surface area contributed by atoms with Gasteiger partial charge in [-0.3, -0.25) is 0 Å². The van der Waals surface area contributed by atoms with E-state index in [9.17, 15) is 52.7 Å². The van der Waals surface area contributed by atoms with Crippen molar-refractivity contribution in [2.75, 3.05) is 0 Å². The summed E-state index contributed by atoms with van der Waals surface area (Å²) in [6.45, 7) is 11.2. The van der Waals surface area contributed by atoms with Crippen molar-refractivity contribution in [3.8, 4) is 44.9 Å². The topological polar surface area (TPSA) is 26.3 Å². The van der Waals surface area contributed by atoms with Gasteiger partial charge in [0.15, 0.2) is 0 Å². The van der Waals surface area contributed by atoms with Crippen molar-refractivity contribution in [2.24, 2.45) is 0 Å². The van der Waals surface area contributed by atoms with Crippen LogP contribution in [0.5, 0.6) is 0 Å². The van der Waals surface area contributed by atoms with Gasteiger partial charge in [0.1, 0.15) is 0 Å². The molecule has 0 amide bonds. The average Bonchev–Trinajstić information content (AvgIpc) is 4.03. The van der Waals surface area contributed by atoms with Gasteiger partial charge in [0.2, 0.25) is 0 Å². The molecule has 2 heterocycles. The van der Waals surface area contributed by atoms with E-state index in [4.69, 9.17) is 25.9 Å². The second-order valence-corrected chi connectivity index (χ2v) is 38.7. The molecule has 0 spiro atoms. The normalized spacial score (nSPS) is 12.2. The molecule has 0 saturated heterocycles. The van der Waals surface area contributed by atoms with Crippen LogP contribution in [0.4, 0.5) is 52.7 Å².